The summed E-state index contributed by atoms with van der Waals surface area (Å²) in [6, 6.07) is 1.77. The molecule has 6 nitrogen and oxygen atoms in total. The molecule has 0 aliphatic carbocycles. The van der Waals surface area contributed by atoms with E-state index in [1.165, 1.54) is 7.11 Å². The number of aromatic nitrogens is 2. The first-order valence-electron chi connectivity index (χ1n) is 5.95. The highest BCUT2D eigenvalue weighted by Crippen LogP contribution is 2.24. The van der Waals surface area contributed by atoms with Gasteiger partial charge in [-0.1, -0.05) is 6.92 Å². The summed E-state index contributed by atoms with van der Waals surface area (Å²) in [6.07, 6.45) is 3.38. The lowest BCUT2D eigenvalue weighted by molar-refractivity contribution is -0.146. The summed E-state index contributed by atoms with van der Waals surface area (Å²) >= 11 is 0. The second kappa shape index (κ2) is 5.20. The maximum atomic E-state index is 12.0. The van der Waals surface area contributed by atoms with Crippen molar-refractivity contribution in [3.8, 4) is 0 Å². The van der Waals surface area contributed by atoms with Crippen molar-refractivity contribution in [2.45, 2.75) is 13.5 Å². The predicted octanol–water partition coefficient (Wildman–Crippen LogP) is 0.151. The summed E-state index contributed by atoms with van der Waals surface area (Å²) in [7, 11) is 1.38. The van der Waals surface area contributed by atoms with E-state index in [1.54, 1.807) is 28.0 Å². The number of hydrogen-bond donors (Lipinski definition) is 0. The molecule has 1 aromatic rings. The lowest BCUT2D eigenvalue weighted by Crippen LogP contribution is -2.33. The number of nitrogens with zero attached hydrogens (tertiary/aromatic N) is 3. The smallest absolute Gasteiger partial charge is 0.310 e. The molecule has 0 aromatic carbocycles. The molecule has 0 spiro atoms. The van der Waals surface area contributed by atoms with Gasteiger partial charge in [0.1, 0.15) is 6.54 Å². The Labute approximate surface area is 106 Å². The molecule has 2 rings (SSSR count). The number of carbonyl (C=O) groups excluding carboxylic acids is 2. The number of ether oxygens (including phenoxy) is 1. The average molecular weight is 251 g/mol. The Kier molecular flexibility index (Phi) is 3.64. The molecular formula is C12H17N3O3. The Balaban J connectivity index is 1.95. The predicted molar refractivity (Wildman–Crippen MR) is 63.5 cm³/mol. The Morgan fingerprint density at radius 2 is 2.22 bits per heavy atom. The van der Waals surface area contributed by atoms with E-state index in [1.807, 2.05) is 6.92 Å². The minimum atomic E-state index is -0.239. The van der Waals surface area contributed by atoms with Crippen molar-refractivity contribution in [2.24, 2.45) is 11.8 Å². The summed E-state index contributed by atoms with van der Waals surface area (Å²) in [6.45, 7) is 3.21. The Bertz CT molecular complexity index is 430. The van der Waals surface area contributed by atoms with Crippen LogP contribution in [0.15, 0.2) is 18.5 Å². The number of rotatable bonds is 3. The van der Waals surface area contributed by atoms with Gasteiger partial charge in [0.15, 0.2) is 0 Å². The molecule has 2 unspecified atom stereocenters. The number of hydrogen-bond acceptors (Lipinski definition) is 4. The highest BCUT2D eigenvalue weighted by atomic mass is 16.5. The van der Waals surface area contributed by atoms with Crippen LogP contribution in [0.25, 0.3) is 0 Å². The first-order chi connectivity index (χ1) is 8.61. The molecule has 6 heteroatoms. The molecule has 1 aromatic heterocycles. The molecule has 2 heterocycles. The molecule has 1 aliphatic heterocycles. The monoisotopic (exact) mass is 251 g/mol. The molecule has 0 N–H and O–H groups in total. The third-order valence-electron chi connectivity index (χ3n) is 3.33. The SMILES string of the molecule is COC(=O)C1CN(C(=O)Cn2cccn2)CC1C. The van der Waals surface area contributed by atoms with Crippen LogP contribution in [0.1, 0.15) is 6.92 Å². The van der Waals surface area contributed by atoms with Gasteiger partial charge in [0.25, 0.3) is 0 Å². The number of methoxy groups -OCH3 is 1. The maximum Gasteiger partial charge on any atom is 0.310 e. The van der Waals surface area contributed by atoms with Crippen LogP contribution in [0.3, 0.4) is 0 Å². The van der Waals surface area contributed by atoms with E-state index in [9.17, 15) is 9.59 Å². The minimum absolute atomic E-state index is 0.0167. The van der Waals surface area contributed by atoms with Crippen LogP contribution < -0.4 is 0 Å². The molecule has 1 amide bonds. The molecule has 1 aliphatic rings. The zero-order valence-corrected chi connectivity index (χ0v) is 10.6. The lowest BCUT2D eigenvalue weighted by atomic mass is 9.99. The van der Waals surface area contributed by atoms with E-state index < -0.39 is 0 Å². The lowest BCUT2D eigenvalue weighted by Gasteiger charge is -2.15. The number of likely N-dealkylation sites (tertiary alicyclic amines) is 1. The molecule has 2 atom stereocenters. The van der Waals surface area contributed by atoms with Crippen molar-refractivity contribution in [2.75, 3.05) is 20.2 Å². The fourth-order valence-corrected chi connectivity index (χ4v) is 2.26. The molecule has 0 bridgehead atoms. The largest absolute Gasteiger partial charge is 0.469 e. The van der Waals surface area contributed by atoms with Gasteiger partial charge in [-0.05, 0) is 12.0 Å². The normalized spacial score (nSPS) is 23.1. The molecule has 1 fully saturated rings. The summed E-state index contributed by atoms with van der Waals surface area (Å²) in [5.74, 6) is -0.329. The summed E-state index contributed by atoms with van der Waals surface area (Å²) in [5.41, 5.74) is 0. The van der Waals surface area contributed by atoms with Gasteiger partial charge in [0, 0.05) is 25.5 Å². The van der Waals surface area contributed by atoms with E-state index in [-0.39, 0.29) is 30.3 Å². The van der Waals surface area contributed by atoms with Gasteiger partial charge < -0.3 is 9.64 Å². The van der Waals surface area contributed by atoms with E-state index in [4.69, 9.17) is 4.74 Å². The van der Waals surface area contributed by atoms with Crippen LogP contribution in [-0.4, -0.2) is 46.8 Å². The number of esters is 1. The average Bonchev–Trinajstić information content (AvgIpc) is 2.97. The van der Waals surface area contributed by atoms with Crippen molar-refractivity contribution in [1.29, 1.82) is 0 Å². The fraction of sp³-hybridized carbons (Fsp3) is 0.583. The second-order valence-corrected chi connectivity index (χ2v) is 4.61. The summed E-state index contributed by atoms with van der Waals surface area (Å²) in [4.78, 5) is 25.3. The molecule has 18 heavy (non-hydrogen) atoms. The standard InChI is InChI=1S/C12H17N3O3/c1-9-6-14(7-10(9)12(17)18-2)11(16)8-15-5-3-4-13-15/h3-5,9-10H,6-8H2,1-2H3. The second-order valence-electron chi connectivity index (χ2n) is 4.61. The van der Waals surface area contributed by atoms with Gasteiger partial charge in [0.2, 0.25) is 5.91 Å². The number of amides is 1. The summed E-state index contributed by atoms with van der Waals surface area (Å²) < 4.78 is 6.33. The van der Waals surface area contributed by atoms with Gasteiger partial charge in [-0.3, -0.25) is 14.3 Å². The van der Waals surface area contributed by atoms with E-state index in [2.05, 4.69) is 5.10 Å². The van der Waals surface area contributed by atoms with Crippen LogP contribution in [0.4, 0.5) is 0 Å². The van der Waals surface area contributed by atoms with Gasteiger partial charge in [-0.25, -0.2) is 0 Å². The highest BCUT2D eigenvalue weighted by Gasteiger charge is 2.37. The first kappa shape index (κ1) is 12.6. The van der Waals surface area contributed by atoms with Gasteiger partial charge in [-0.15, -0.1) is 0 Å². The van der Waals surface area contributed by atoms with E-state index in [0.29, 0.717) is 13.1 Å². The molecule has 1 saturated heterocycles. The third kappa shape index (κ3) is 2.52. The zero-order valence-electron chi connectivity index (χ0n) is 10.6. The maximum absolute atomic E-state index is 12.0. The summed E-state index contributed by atoms with van der Waals surface area (Å²) in [5, 5.41) is 3.99. The van der Waals surface area contributed by atoms with Crippen molar-refractivity contribution >= 4 is 11.9 Å². The first-order valence-corrected chi connectivity index (χ1v) is 5.95. The molecule has 98 valence electrons. The third-order valence-corrected chi connectivity index (χ3v) is 3.33. The van der Waals surface area contributed by atoms with E-state index >= 15 is 0 Å². The fourth-order valence-electron chi connectivity index (χ4n) is 2.26. The highest BCUT2D eigenvalue weighted by molar-refractivity contribution is 5.79. The van der Waals surface area contributed by atoms with Crippen LogP contribution in [-0.2, 0) is 20.9 Å². The van der Waals surface area contributed by atoms with E-state index in [0.717, 1.165) is 0 Å². The number of carbonyl (C=O) groups is 2. The van der Waals surface area contributed by atoms with Gasteiger partial charge >= 0.3 is 5.97 Å². The minimum Gasteiger partial charge on any atom is -0.469 e. The van der Waals surface area contributed by atoms with Crippen LogP contribution >= 0.6 is 0 Å². The molecule has 0 radical (unpaired) electrons. The van der Waals surface area contributed by atoms with Crippen molar-refractivity contribution in [1.82, 2.24) is 14.7 Å². The van der Waals surface area contributed by atoms with Crippen LogP contribution in [0, 0.1) is 11.8 Å². The Morgan fingerprint density at radius 1 is 1.44 bits per heavy atom. The van der Waals surface area contributed by atoms with Gasteiger partial charge in [0.05, 0.1) is 13.0 Å². The van der Waals surface area contributed by atoms with Crippen molar-refractivity contribution in [3.63, 3.8) is 0 Å². The Hall–Kier alpha value is -1.85. The zero-order chi connectivity index (χ0) is 13.1. The Morgan fingerprint density at radius 3 is 2.83 bits per heavy atom. The quantitative estimate of drug-likeness (QED) is 0.717. The molecule has 0 saturated carbocycles. The topological polar surface area (TPSA) is 64.4 Å². The molecular weight excluding hydrogens is 234 g/mol. The van der Waals surface area contributed by atoms with Crippen molar-refractivity contribution < 1.29 is 14.3 Å². The van der Waals surface area contributed by atoms with Crippen molar-refractivity contribution in [3.05, 3.63) is 18.5 Å². The van der Waals surface area contributed by atoms with Gasteiger partial charge in [-0.2, -0.15) is 5.10 Å². The van der Waals surface area contributed by atoms with Crippen LogP contribution in [0.5, 0.6) is 0 Å². The van der Waals surface area contributed by atoms with Crippen LogP contribution in [0.2, 0.25) is 0 Å².